The van der Waals surface area contributed by atoms with Crippen molar-refractivity contribution in [1.29, 1.82) is 0 Å². The Balaban J connectivity index is 2.75. The summed E-state index contributed by atoms with van der Waals surface area (Å²) in [6, 6.07) is 7.72. The van der Waals surface area contributed by atoms with E-state index in [0.717, 1.165) is 22.2 Å². The molecule has 0 bridgehead atoms. The van der Waals surface area contributed by atoms with Gasteiger partial charge in [0.05, 0.1) is 25.7 Å². The molecule has 5 nitrogen and oxygen atoms in total. The number of rotatable bonds is 4. The SMILES string of the molecule is COC(=O)C(=C(C)C(C)C(=O)OC)c1c(C)[nH]c2ccccc12. The number of fused-ring (bicyclic) bond motifs is 1. The molecule has 0 aliphatic rings. The lowest BCUT2D eigenvalue weighted by Gasteiger charge is -2.15. The van der Waals surface area contributed by atoms with Crippen LogP contribution in [0.1, 0.15) is 25.1 Å². The third-order valence-corrected chi connectivity index (χ3v) is 4.13. The van der Waals surface area contributed by atoms with Gasteiger partial charge in [-0.2, -0.15) is 0 Å². The molecule has 1 aromatic carbocycles. The number of hydrogen-bond donors (Lipinski definition) is 1. The van der Waals surface area contributed by atoms with Crippen LogP contribution in [-0.2, 0) is 19.1 Å². The van der Waals surface area contributed by atoms with Crippen LogP contribution >= 0.6 is 0 Å². The Bertz CT molecular complexity index is 785. The van der Waals surface area contributed by atoms with Crippen LogP contribution in [0.5, 0.6) is 0 Å². The normalized spacial score (nSPS) is 13.4. The number of aromatic amines is 1. The van der Waals surface area contributed by atoms with Gasteiger partial charge in [0.15, 0.2) is 0 Å². The highest BCUT2D eigenvalue weighted by Crippen LogP contribution is 2.33. The second-order valence-corrected chi connectivity index (χ2v) is 5.47. The van der Waals surface area contributed by atoms with E-state index in [2.05, 4.69) is 4.98 Å². The van der Waals surface area contributed by atoms with Crippen molar-refractivity contribution in [3.8, 4) is 0 Å². The van der Waals surface area contributed by atoms with Crippen molar-refractivity contribution < 1.29 is 19.1 Å². The van der Waals surface area contributed by atoms with Crippen LogP contribution < -0.4 is 0 Å². The summed E-state index contributed by atoms with van der Waals surface area (Å²) in [5, 5.41) is 0.918. The molecule has 1 unspecified atom stereocenters. The van der Waals surface area contributed by atoms with E-state index in [1.165, 1.54) is 14.2 Å². The molecular formula is C18H21NO4. The van der Waals surface area contributed by atoms with E-state index in [9.17, 15) is 9.59 Å². The first-order chi connectivity index (χ1) is 10.9. The highest BCUT2D eigenvalue weighted by atomic mass is 16.5. The van der Waals surface area contributed by atoms with Crippen molar-refractivity contribution in [2.75, 3.05) is 14.2 Å². The Labute approximate surface area is 135 Å². The van der Waals surface area contributed by atoms with Gasteiger partial charge in [-0.25, -0.2) is 4.79 Å². The molecule has 0 aliphatic carbocycles. The molecule has 1 N–H and O–H groups in total. The molecule has 0 aliphatic heterocycles. The molecule has 122 valence electrons. The van der Waals surface area contributed by atoms with Gasteiger partial charge in [0.2, 0.25) is 0 Å². The van der Waals surface area contributed by atoms with E-state index in [0.29, 0.717) is 11.1 Å². The average Bonchev–Trinajstić information content (AvgIpc) is 2.89. The molecule has 0 amide bonds. The molecule has 5 heteroatoms. The Hall–Kier alpha value is -2.56. The first-order valence-electron chi connectivity index (χ1n) is 7.37. The van der Waals surface area contributed by atoms with Crippen molar-refractivity contribution in [2.45, 2.75) is 20.8 Å². The van der Waals surface area contributed by atoms with Crippen LogP contribution in [0.4, 0.5) is 0 Å². The number of aromatic nitrogens is 1. The zero-order valence-electron chi connectivity index (χ0n) is 14.0. The third-order valence-electron chi connectivity index (χ3n) is 4.13. The summed E-state index contributed by atoms with van der Waals surface area (Å²) >= 11 is 0. The molecule has 1 atom stereocenters. The van der Waals surface area contributed by atoms with Gasteiger partial charge in [0.25, 0.3) is 0 Å². The van der Waals surface area contributed by atoms with Gasteiger partial charge in [0.1, 0.15) is 0 Å². The second-order valence-electron chi connectivity index (χ2n) is 5.47. The van der Waals surface area contributed by atoms with Crippen molar-refractivity contribution in [3.63, 3.8) is 0 Å². The van der Waals surface area contributed by atoms with Crippen LogP contribution in [0.3, 0.4) is 0 Å². The number of hydrogen-bond acceptors (Lipinski definition) is 4. The minimum Gasteiger partial charge on any atom is -0.469 e. The van der Waals surface area contributed by atoms with Crippen molar-refractivity contribution >= 4 is 28.4 Å². The number of carbonyl (C=O) groups excluding carboxylic acids is 2. The molecule has 23 heavy (non-hydrogen) atoms. The second kappa shape index (κ2) is 6.69. The van der Waals surface area contributed by atoms with Gasteiger partial charge in [-0.05, 0) is 32.4 Å². The number of para-hydroxylation sites is 1. The average molecular weight is 315 g/mol. The number of aryl methyl sites for hydroxylation is 1. The van der Waals surface area contributed by atoms with Gasteiger partial charge >= 0.3 is 11.9 Å². The predicted octanol–water partition coefficient (Wildman–Crippen LogP) is 3.23. The zero-order chi connectivity index (χ0) is 17.1. The standard InChI is InChI=1S/C18H21NO4/c1-10(11(2)17(20)22-4)15(18(21)23-5)16-12(3)19-14-9-7-6-8-13(14)16/h6-9,11,19H,1-5H3. The lowest BCUT2D eigenvalue weighted by atomic mass is 9.91. The van der Waals surface area contributed by atoms with E-state index in [4.69, 9.17) is 9.47 Å². The fourth-order valence-corrected chi connectivity index (χ4v) is 2.73. The molecule has 0 spiro atoms. The van der Waals surface area contributed by atoms with E-state index >= 15 is 0 Å². The van der Waals surface area contributed by atoms with Crippen LogP contribution in [-0.4, -0.2) is 31.1 Å². The van der Waals surface area contributed by atoms with Crippen LogP contribution in [0.2, 0.25) is 0 Å². The first kappa shape index (κ1) is 16.8. The quantitative estimate of drug-likeness (QED) is 0.695. The Kier molecular flexibility index (Phi) is 4.89. The minimum atomic E-state index is -0.540. The van der Waals surface area contributed by atoms with Crippen LogP contribution in [0.25, 0.3) is 16.5 Å². The fourth-order valence-electron chi connectivity index (χ4n) is 2.73. The molecular weight excluding hydrogens is 294 g/mol. The molecule has 0 saturated carbocycles. The summed E-state index contributed by atoms with van der Waals surface area (Å²) in [6.45, 7) is 5.37. The van der Waals surface area contributed by atoms with Gasteiger partial charge in [-0.1, -0.05) is 18.2 Å². The van der Waals surface area contributed by atoms with Gasteiger partial charge in [-0.15, -0.1) is 0 Å². The molecule has 0 saturated heterocycles. The molecule has 1 aromatic heterocycles. The van der Waals surface area contributed by atoms with Gasteiger partial charge < -0.3 is 14.5 Å². The number of esters is 2. The van der Waals surface area contributed by atoms with E-state index < -0.39 is 11.9 Å². The predicted molar refractivity (Wildman–Crippen MR) is 88.8 cm³/mol. The van der Waals surface area contributed by atoms with Crippen LogP contribution in [0.15, 0.2) is 29.8 Å². The summed E-state index contributed by atoms with van der Waals surface area (Å²) in [6.07, 6.45) is 0. The Morgan fingerprint density at radius 1 is 1.13 bits per heavy atom. The number of ether oxygens (including phenoxy) is 2. The lowest BCUT2D eigenvalue weighted by Crippen LogP contribution is -2.18. The highest BCUT2D eigenvalue weighted by molar-refractivity contribution is 6.22. The number of methoxy groups -OCH3 is 2. The molecule has 0 fully saturated rings. The van der Waals surface area contributed by atoms with Gasteiger partial charge in [-0.3, -0.25) is 4.79 Å². The largest absolute Gasteiger partial charge is 0.469 e. The van der Waals surface area contributed by atoms with E-state index in [1.54, 1.807) is 13.8 Å². The summed E-state index contributed by atoms with van der Waals surface area (Å²) < 4.78 is 9.76. The third kappa shape index (κ3) is 2.99. The maximum Gasteiger partial charge on any atom is 0.338 e. The smallest absolute Gasteiger partial charge is 0.338 e. The maximum absolute atomic E-state index is 12.4. The number of carbonyl (C=O) groups is 2. The van der Waals surface area contributed by atoms with Crippen molar-refractivity contribution in [2.24, 2.45) is 5.92 Å². The minimum absolute atomic E-state index is 0.388. The van der Waals surface area contributed by atoms with Crippen molar-refractivity contribution in [3.05, 3.63) is 41.1 Å². The maximum atomic E-state index is 12.4. The van der Waals surface area contributed by atoms with Crippen LogP contribution in [0, 0.1) is 12.8 Å². The molecule has 1 heterocycles. The summed E-state index contributed by atoms with van der Waals surface area (Å²) in [5.74, 6) is -1.39. The summed E-state index contributed by atoms with van der Waals surface area (Å²) in [4.78, 5) is 27.6. The summed E-state index contributed by atoms with van der Waals surface area (Å²) in [5.41, 5.74) is 3.57. The Morgan fingerprint density at radius 3 is 2.39 bits per heavy atom. The zero-order valence-corrected chi connectivity index (χ0v) is 14.0. The first-order valence-corrected chi connectivity index (χ1v) is 7.37. The van der Waals surface area contributed by atoms with E-state index in [-0.39, 0.29) is 5.97 Å². The number of nitrogens with one attached hydrogen (secondary N) is 1. The lowest BCUT2D eigenvalue weighted by molar-refractivity contribution is -0.143. The number of H-pyrrole nitrogens is 1. The Morgan fingerprint density at radius 2 is 1.78 bits per heavy atom. The summed E-state index contributed by atoms with van der Waals surface area (Å²) in [7, 11) is 2.67. The van der Waals surface area contributed by atoms with E-state index in [1.807, 2.05) is 31.2 Å². The highest BCUT2D eigenvalue weighted by Gasteiger charge is 2.27. The molecule has 0 radical (unpaired) electrons. The molecule has 2 aromatic rings. The fraction of sp³-hybridized carbons (Fsp3) is 0.333. The van der Waals surface area contributed by atoms with Gasteiger partial charge in [0, 0.05) is 22.2 Å². The monoisotopic (exact) mass is 315 g/mol. The number of benzene rings is 1. The van der Waals surface area contributed by atoms with Crippen molar-refractivity contribution in [1.82, 2.24) is 4.98 Å². The topological polar surface area (TPSA) is 68.4 Å². The molecule has 2 rings (SSSR count).